The molecule has 0 amide bonds. The van der Waals surface area contributed by atoms with Gasteiger partial charge in [-0.1, -0.05) is 6.07 Å². The highest BCUT2D eigenvalue weighted by Crippen LogP contribution is 2.20. The summed E-state index contributed by atoms with van der Waals surface area (Å²) in [6.45, 7) is 2.61. The molecular formula is C12H13N3. The lowest BCUT2D eigenvalue weighted by molar-refractivity contribution is 0.903. The van der Waals surface area contributed by atoms with E-state index in [1.807, 2.05) is 37.1 Å². The van der Waals surface area contributed by atoms with E-state index in [-0.39, 0.29) is 0 Å². The summed E-state index contributed by atoms with van der Waals surface area (Å²) in [5, 5.41) is 17.5. The number of rotatable bonds is 3. The molecule has 0 spiro atoms. The molecule has 0 bridgehead atoms. The summed E-state index contributed by atoms with van der Waals surface area (Å²) in [7, 11) is 1.89. The van der Waals surface area contributed by atoms with Gasteiger partial charge < -0.3 is 4.90 Å². The van der Waals surface area contributed by atoms with E-state index < -0.39 is 0 Å². The van der Waals surface area contributed by atoms with Crippen LogP contribution in [0, 0.1) is 29.6 Å². The topological polar surface area (TPSA) is 50.8 Å². The van der Waals surface area contributed by atoms with Crippen molar-refractivity contribution in [1.29, 1.82) is 10.5 Å². The van der Waals surface area contributed by atoms with Crippen LogP contribution in [0.4, 0.5) is 5.69 Å². The average molecular weight is 199 g/mol. The zero-order valence-electron chi connectivity index (χ0n) is 8.99. The van der Waals surface area contributed by atoms with Gasteiger partial charge in [-0.2, -0.15) is 10.5 Å². The molecule has 0 aliphatic heterocycles. The van der Waals surface area contributed by atoms with Crippen LogP contribution < -0.4 is 4.90 Å². The van der Waals surface area contributed by atoms with E-state index >= 15 is 0 Å². The van der Waals surface area contributed by atoms with Crippen LogP contribution in [0.3, 0.4) is 0 Å². The van der Waals surface area contributed by atoms with Gasteiger partial charge in [-0.15, -0.1) is 0 Å². The van der Waals surface area contributed by atoms with Crippen LogP contribution in [0.2, 0.25) is 0 Å². The normalized spacial score (nSPS) is 9.07. The molecule has 0 unspecified atom stereocenters. The third kappa shape index (κ3) is 2.72. The lowest BCUT2D eigenvalue weighted by Crippen LogP contribution is -2.19. The maximum absolute atomic E-state index is 8.98. The summed E-state index contributed by atoms with van der Waals surface area (Å²) >= 11 is 0. The van der Waals surface area contributed by atoms with Gasteiger partial charge in [-0.25, -0.2) is 0 Å². The highest BCUT2D eigenvalue weighted by molar-refractivity contribution is 5.59. The summed E-state index contributed by atoms with van der Waals surface area (Å²) in [4.78, 5) is 1.93. The largest absolute Gasteiger partial charge is 0.372 e. The zero-order chi connectivity index (χ0) is 11.3. The van der Waals surface area contributed by atoms with Gasteiger partial charge in [0.25, 0.3) is 0 Å². The number of hydrogen-bond donors (Lipinski definition) is 0. The van der Waals surface area contributed by atoms with Crippen LogP contribution in [-0.2, 0) is 0 Å². The Kier molecular flexibility index (Phi) is 3.71. The van der Waals surface area contributed by atoms with E-state index in [0.29, 0.717) is 18.5 Å². The van der Waals surface area contributed by atoms with Crippen molar-refractivity contribution in [3.63, 3.8) is 0 Å². The van der Waals surface area contributed by atoms with Crippen LogP contribution in [0.15, 0.2) is 18.2 Å². The van der Waals surface area contributed by atoms with Crippen LogP contribution in [0.1, 0.15) is 17.5 Å². The molecule has 0 fully saturated rings. The van der Waals surface area contributed by atoms with Crippen molar-refractivity contribution < 1.29 is 0 Å². The fraction of sp³-hybridized carbons (Fsp3) is 0.333. The molecule has 0 heterocycles. The summed E-state index contributed by atoms with van der Waals surface area (Å²) < 4.78 is 0. The Hall–Kier alpha value is -2.00. The molecule has 0 aromatic heterocycles. The van der Waals surface area contributed by atoms with Gasteiger partial charge in [-0.05, 0) is 24.6 Å². The maximum Gasteiger partial charge on any atom is 0.101 e. The molecule has 76 valence electrons. The van der Waals surface area contributed by atoms with Gasteiger partial charge in [0.2, 0.25) is 0 Å². The number of aryl methyl sites for hydroxylation is 1. The summed E-state index contributed by atoms with van der Waals surface area (Å²) in [5.74, 6) is 0. The Morgan fingerprint density at radius 1 is 1.33 bits per heavy atom. The summed E-state index contributed by atoms with van der Waals surface area (Å²) in [6.07, 6.45) is 0.468. The second kappa shape index (κ2) is 5.02. The van der Waals surface area contributed by atoms with Crippen molar-refractivity contribution in [1.82, 2.24) is 0 Å². The smallest absolute Gasteiger partial charge is 0.101 e. The lowest BCUT2D eigenvalue weighted by Gasteiger charge is -2.19. The van der Waals surface area contributed by atoms with Crippen molar-refractivity contribution in [2.45, 2.75) is 13.3 Å². The first-order valence-electron chi connectivity index (χ1n) is 4.78. The second-order valence-electron chi connectivity index (χ2n) is 3.46. The van der Waals surface area contributed by atoms with Crippen molar-refractivity contribution in [3.8, 4) is 12.1 Å². The Bertz CT molecular complexity index is 423. The molecule has 3 nitrogen and oxygen atoms in total. The van der Waals surface area contributed by atoms with E-state index in [4.69, 9.17) is 10.5 Å². The third-order valence-corrected chi connectivity index (χ3v) is 2.24. The molecule has 0 aliphatic rings. The van der Waals surface area contributed by atoms with Gasteiger partial charge in [0.15, 0.2) is 0 Å². The van der Waals surface area contributed by atoms with Crippen molar-refractivity contribution >= 4 is 5.69 Å². The molecule has 3 heteroatoms. The van der Waals surface area contributed by atoms with E-state index in [1.165, 1.54) is 0 Å². The number of anilines is 1. The van der Waals surface area contributed by atoms with E-state index in [0.717, 1.165) is 11.3 Å². The maximum atomic E-state index is 8.98. The first kappa shape index (κ1) is 11.1. The summed E-state index contributed by atoms with van der Waals surface area (Å²) in [5.41, 5.74) is 2.62. The standard InChI is InChI=1S/C12H13N3/c1-10-4-5-12(11(8-10)9-14)15(2)7-3-6-13/h4-5,8H,3,7H2,1-2H3. The fourth-order valence-corrected chi connectivity index (χ4v) is 1.41. The van der Waals surface area contributed by atoms with Crippen LogP contribution in [-0.4, -0.2) is 13.6 Å². The number of nitriles is 2. The van der Waals surface area contributed by atoms with Crippen LogP contribution in [0.25, 0.3) is 0 Å². The Labute approximate surface area is 90.2 Å². The van der Waals surface area contributed by atoms with Crippen LogP contribution in [0.5, 0.6) is 0 Å². The molecule has 0 saturated carbocycles. The minimum absolute atomic E-state index is 0.468. The van der Waals surface area contributed by atoms with Gasteiger partial charge in [0.05, 0.1) is 23.7 Å². The predicted octanol–water partition coefficient (Wildman–Crippen LogP) is 2.22. The highest BCUT2D eigenvalue weighted by atomic mass is 15.1. The van der Waals surface area contributed by atoms with Crippen molar-refractivity contribution in [2.75, 3.05) is 18.5 Å². The van der Waals surface area contributed by atoms with Gasteiger partial charge in [-0.3, -0.25) is 0 Å². The number of nitrogens with zero attached hydrogens (tertiary/aromatic N) is 3. The molecule has 0 atom stereocenters. The quantitative estimate of drug-likeness (QED) is 0.750. The monoisotopic (exact) mass is 199 g/mol. The SMILES string of the molecule is Cc1ccc(N(C)CCC#N)c(C#N)c1. The zero-order valence-corrected chi connectivity index (χ0v) is 8.99. The summed E-state index contributed by atoms with van der Waals surface area (Å²) in [6, 6.07) is 10.0. The van der Waals surface area contributed by atoms with E-state index in [2.05, 4.69) is 12.1 Å². The van der Waals surface area contributed by atoms with Crippen molar-refractivity contribution in [2.24, 2.45) is 0 Å². The molecular weight excluding hydrogens is 186 g/mol. The number of hydrogen-bond acceptors (Lipinski definition) is 3. The van der Waals surface area contributed by atoms with Gasteiger partial charge >= 0.3 is 0 Å². The molecule has 0 saturated heterocycles. The predicted molar refractivity (Wildman–Crippen MR) is 59.4 cm³/mol. The molecule has 0 aliphatic carbocycles. The van der Waals surface area contributed by atoms with Gasteiger partial charge in [0.1, 0.15) is 6.07 Å². The molecule has 1 aromatic rings. The van der Waals surface area contributed by atoms with Crippen LogP contribution >= 0.6 is 0 Å². The van der Waals surface area contributed by atoms with Crippen molar-refractivity contribution in [3.05, 3.63) is 29.3 Å². The minimum atomic E-state index is 0.468. The lowest BCUT2D eigenvalue weighted by atomic mass is 10.1. The molecule has 1 aromatic carbocycles. The average Bonchev–Trinajstić information content (AvgIpc) is 2.25. The fourth-order valence-electron chi connectivity index (χ4n) is 1.41. The molecule has 0 N–H and O–H groups in total. The highest BCUT2D eigenvalue weighted by Gasteiger charge is 2.06. The Morgan fingerprint density at radius 3 is 2.67 bits per heavy atom. The third-order valence-electron chi connectivity index (χ3n) is 2.24. The van der Waals surface area contributed by atoms with E-state index in [1.54, 1.807) is 0 Å². The Balaban J connectivity index is 2.95. The molecule has 1 rings (SSSR count). The minimum Gasteiger partial charge on any atom is -0.372 e. The second-order valence-corrected chi connectivity index (χ2v) is 3.46. The Morgan fingerprint density at radius 2 is 2.07 bits per heavy atom. The number of benzene rings is 1. The first-order valence-corrected chi connectivity index (χ1v) is 4.78. The molecule has 15 heavy (non-hydrogen) atoms. The first-order chi connectivity index (χ1) is 7.19. The van der Waals surface area contributed by atoms with Gasteiger partial charge in [0, 0.05) is 13.6 Å². The van der Waals surface area contributed by atoms with E-state index in [9.17, 15) is 0 Å². The molecule has 0 radical (unpaired) electrons.